The predicted octanol–water partition coefficient (Wildman–Crippen LogP) is 2.92. The van der Waals surface area contributed by atoms with Gasteiger partial charge in [-0.05, 0) is 58.4 Å². The van der Waals surface area contributed by atoms with Gasteiger partial charge in [-0.2, -0.15) is 10.2 Å². The van der Waals surface area contributed by atoms with Crippen LogP contribution in [0.5, 0.6) is 0 Å². The number of aryl methyl sites for hydroxylation is 3. The first-order chi connectivity index (χ1) is 17.2. The summed E-state index contributed by atoms with van der Waals surface area (Å²) in [6.45, 7) is 16.9. The van der Waals surface area contributed by atoms with Gasteiger partial charge in [-0.15, -0.1) is 0 Å². The lowest BCUT2D eigenvalue weighted by molar-refractivity contribution is -0.928. The van der Waals surface area contributed by atoms with Crippen molar-refractivity contribution in [2.24, 2.45) is 0 Å². The number of fused-ring (bicyclic) bond motifs is 2. The van der Waals surface area contributed by atoms with Crippen molar-refractivity contribution in [3.63, 3.8) is 0 Å². The minimum Gasteiger partial charge on any atom is -0.314 e. The summed E-state index contributed by atoms with van der Waals surface area (Å²) >= 11 is 6.75. The Morgan fingerprint density at radius 2 is 1.86 bits per heavy atom. The van der Waals surface area contributed by atoms with E-state index in [2.05, 4.69) is 58.2 Å². The zero-order valence-electron chi connectivity index (χ0n) is 22.4. The van der Waals surface area contributed by atoms with Crippen LogP contribution in [-0.2, 0) is 38.4 Å². The van der Waals surface area contributed by atoms with Crippen LogP contribution in [0.4, 0.5) is 0 Å². The third-order valence-electron chi connectivity index (χ3n) is 7.54. The Morgan fingerprint density at radius 3 is 2.61 bits per heavy atom. The second kappa shape index (κ2) is 9.89. The number of rotatable bonds is 6. The van der Waals surface area contributed by atoms with Crippen LogP contribution in [0.25, 0.3) is 11.6 Å². The minimum absolute atomic E-state index is 0.452. The minimum atomic E-state index is -0.452. The lowest BCUT2D eigenvalue weighted by Crippen LogP contribution is -2.62. The third-order valence-corrected chi connectivity index (χ3v) is 7.98. The summed E-state index contributed by atoms with van der Waals surface area (Å²) < 4.78 is 12.5. The fraction of sp³-hybridized carbons (Fsp3) is 0.680. The third kappa shape index (κ3) is 4.60. The first-order valence-corrected chi connectivity index (χ1v) is 13.4. The van der Waals surface area contributed by atoms with Gasteiger partial charge in [0.1, 0.15) is 0 Å². The van der Waals surface area contributed by atoms with Crippen molar-refractivity contribution in [2.75, 3.05) is 20.1 Å². The normalized spacial score (nSPS) is 17.8. The molecule has 3 aromatic heterocycles. The van der Waals surface area contributed by atoms with E-state index < -0.39 is 5.66 Å². The number of nitrogens with zero attached hydrogens (tertiary/aromatic N) is 8. The van der Waals surface area contributed by atoms with Crippen molar-refractivity contribution in [3.8, 4) is 11.6 Å². The first-order valence-electron chi connectivity index (χ1n) is 13.0. The second-order valence-corrected chi connectivity index (χ2v) is 11.1. The molecular weight excluding hydrogens is 478 g/mol. The van der Waals surface area contributed by atoms with E-state index in [0.717, 1.165) is 73.5 Å². The van der Waals surface area contributed by atoms with Gasteiger partial charge in [-0.3, -0.25) is 19.2 Å². The standard InChI is InChI=1S/C25H39ClN9O/c1-17(2)31-9-7-11-33-19(15-31)13-20(29-33)24-28-18(3)35(36-24)25(4,5)32-10-8-12-34-22(16-32)23(26)21(30-34)14-27-6/h13,17,27H,7-12,14-16H2,1-6H3/q+1. The van der Waals surface area contributed by atoms with E-state index in [1.54, 1.807) is 0 Å². The zero-order chi connectivity index (χ0) is 25.6. The molecule has 0 saturated heterocycles. The molecule has 5 heterocycles. The SMILES string of the molecule is CNCc1nn2c(c1Cl)CN(C(C)(C)[n+]1oc(-c3cc4n(n3)CCCN(C(C)C)C4)nc1C)CCC2. The van der Waals surface area contributed by atoms with Crippen LogP contribution in [0.3, 0.4) is 0 Å². The molecule has 2 aliphatic heterocycles. The van der Waals surface area contributed by atoms with Gasteiger partial charge in [-0.25, -0.2) is 4.52 Å². The summed E-state index contributed by atoms with van der Waals surface area (Å²) in [6.07, 6.45) is 2.07. The Labute approximate surface area is 218 Å². The average molecular weight is 517 g/mol. The molecule has 11 heteroatoms. The number of nitrogens with one attached hydrogen (secondary N) is 1. The van der Waals surface area contributed by atoms with Gasteiger partial charge in [0, 0.05) is 63.8 Å². The van der Waals surface area contributed by atoms with Crippen molar-refractivity contribution in [1.82, 2.24) is 39.7 Å². The van der Waals surface area contributed by atoms with Crippen LogP contribution in [0.15, 0.2) is 10.6 Å². The highest BCUT2D eigenvalue weighted by Gasteiger charge is 2.41. The van der Waals surface area contributed by atoms with E-state index in [4.69, 9.17) is 31.3 Å². The maximum atomic E-state index is 6.75. The highest BCUT2D eigenvalue weighted by molar-refractivity contribution is 6.31. The smallest absolute Gasteiger partial charge is 0.314 e. The number of hydrogen-bond acceptors (Lipinski definition) is 7. The Hall–Kier alpha value is -2.27. The molecule has 0 fully saturated rings. The summed E-state index contributed by atoms with van der Waals surface area (Å²) in [5.41, 5.74) is 3.51. The molecule has 1 N–H and O–H groups in total. The summed E-state index contributed by atoms with van der Waals surface area (Å²) in [5, 5.41) is 13.5. The first kappa shape index (κ1) is 25.4. The van der Waals surface area contributed by atoms with E-state index in [-0.39, 0.29) is 0 Å². The van der Waals surface area contributed by atoms with Crippen LogP contribution in [0.2, 0.25) is 5.02 Å². The van der Waals surface area contributed by atoms with Gasteiger partial charge in [0.25, 0.3) is 0 Å². The summed E-state index contributed by atoms with van der Waals surface area (Å²) in [7, 11) is 1.91. The van der Waals surface area contributed by atoms with Gasteiger partial charge in [-0.1, -0.05) is 11.6 Å². The molecule has 0 aliphatic carbocycles. The Bertz CT molecular complexity index is 1220. The fourth-order valence-electron chi connectivity index (χ4n) is 5.42. The van der Waals surface area contributed by atoms with Crippen molar-refractivity contribution in [2.45, 2.75) is 91.9 Å². The molecule has 36 heavy (non-hydrogen) atoms. The van der Waals surface area contributed by atoms with E-state index in [0.29, 0.717) is 25.0 Å². The molecule has 0 unspecified atom stereocenters. The predicted molar refractivity (Wildman–Crippen MR) is 137 cm³/mol. The fourth-order valence-corrected chi connectivity index (χ4v) is 5.68. The zero-order valence-corrected chi connectivity index (χ0v) is 23.1. The lowest BCUT2D eigenvalue weighted by Gasteiger charge is -2.32. The van der Waals surface area contributed by atoms with Gasteiger partial charge in [0.15, 0.2) is 11.4 Å². The average Bonchev–Trinajstić information content (AvgIpc) is 3.38. The molecule has 0 saturated carbocycles. The highest BCUT2D eigenvalue weighted by atomic mass is 35.5. The topological polar surface area (TPSA) is 84.1 Å². The van der Waals surface area contributed by atoms with Gasteiger partial charge in [0.05, 0.1) is 22.1 Å². The van der Waals surface area contributed by atoms with Crippen LogP contribution in [0.1, 0.15) is 63.4 Å². The Kier molecular flexibility index (Phi) is 6.97. The molecule has 0 spiro atoms. The van der Waals surface area contributed by atoms with E-state index in [9.17, 15) is 0 Å². The van der Waals surface area contributed by atoms with Gasteiger partial charge < -0.3 is 5.32 Å². The number of hydrogen-bond donors (Lipinski definition) is 1. The lowest BCUT2D eigenvalue weighted by atomic mass is 10.1. The monoisotopic (exact) mass is 516 g/mol. The van der Waals surface area contributed by atoms with E-state index in [1.807, 2.05) is 18.7 Å². The Balaban J connectivity index is 1.42. The van der Waals surface area contributed by atoms with Crippen molar-refractivity contribution in [1.29, 1.82) is 0 Å². The quantitative estimate of drug-likeness (QED) is 0.504. The molecule has 2 aliphatic rings. The summed E-state index contributed by atoms with van der Waals surface area (Å²) in [4.78, 5) is 9.69. The second-order valence-electron chi connectivity index (χ2n) is 10.7. The molecule has 0 amide bonds. The molecule has 5 rings (SSSR count). The molecule has 0 aromatic carbocycles. The molecule has 10 nitrogen and oxygen atoms in total. The molecule has 0 atom stereocenters. The van der Waals surface area contributed by atoms with Crippen LogP contribution >= 0.6 is 11.6 Å². The van der Waals surface area contributed by atoms with Gasteiger partial charge >= 0.3 is 11.7 Å². The highest BCUT2D eigenvalue weighted by Crippen LogP contribution is 2.29. The number of halogens is 1. The Morgan fingerprint density at radius 1 is 1.11 bits per heavy atom. The maximum Gasteiger partial charge on any atom is 0.404 e. The maximum absolute atomic E-state index is 6.75. The summed E-state index contributed by atoms with van der Waals surface area (Å²) in [5.74, 6) is 1.38. The molecule has 0 bridgehead atoms. The summed E-state index contributed by atoms with van der Waals surface area (Å²) in [6, 6.07) is 2.64. The van der Waals surface area contributed by atoms with Crippen LogP contribution in [-0.4, -0.2) is 60.5 Å². The number of aromatic nitrogens is 6. The van der Waals surface area contributed by atoms with Crippen molar-refractivity contribution >= 4 is 11.6 Å². The van der Waals surface area contributed by atoms with E-state index in [1.165, 1.54) is 5.69 Å². The molecular formula is C25H39ClN9O+. The van der Waals surface area contributed by atoms with Crippen LogP contribution in [0, 0.1) is 6.92 Å². The largest absolute Gasteiger partial charge is 0.404 e. The van der Waals surface area contributed by atoms with Crippen LogP contribution < -0.4 is 10.1 Å². The van der Waals surface area contributed by atoms with E-state index >= 15 is 0 Å². The van der Waals surface area contributed by atoms with Gasteiger partial charge in [0.2, 0.25) is 0 Å². The molecule has 196 valence electrons. The van der Waals surface area contributed by atoms with Crippen molar-refractivity contribution in [3.05, 3.63) is 34.0 Å². The molecule has 3 aromatic rings. The van der Waals surface area contributed by atoms with Crippen molar-refractivity contribution < 1.29 is 9.26 Å². The molecule has 0 radical (unpaired) electrons.